The molecule has 2 rings (SSSR count). The first-order chi connectivity index (χ1) is 13.8. The highest BCUT2D eigenvalue weighted by atomic mass is 35.5. The maximum absolute atomic E-state index is 12.4. The molecule has 0 aromatic heterocycles. The number of carbonyl (C=O) groups is 2. The van der Waals surface area contributed by atoms with Crippen LogP contribution in [0.25, 0.3) is 0 Å². The third-order valence-electron chi connectivity index (χ3n) is 4.34. The molecule has 156 valence electrons. The summed E-state index contributed by atoms with van der Waals surface area (Å²) in [6.45, 7) is 4.48. The molecule has 0 spiro atoms. The Hall–Kier alpha value is -2.28. The van der Waals surface area contributed by atoms with E-state index in [1.807, 2.05) is 13.8 Å². The van der Waals surface area contributed by atoms with Crippen molar-refractivity contribution >= 4 is 40.7 Å². The van der Waals surface area contributed by atoms with Crippen LogP contribution in [0.5, 0.6) is 5.75 Å². The van der Waals surface area contributed by atoms with Crippen molar-refractivity contribution in [2.45, 2.75) is 19.9 Å². The van der Waals surface area contributed by atoms with Gasteiger partial charge < -0.3 is 15.4 Å². The smallest absolute Gasteiger partial charge is 0.238 e. The highest BCUT2D eigenvalue weighted by Crippen LogP contribution is 2.26. The molecule has 1 atom stereocenters. The van der Waals surface area contributed by atoms with E-state index in [1.165, 1.54) is 0 Å². The van der Waals surface area contributed by atoms with Gasteiger partial charge in [0.15, 0.2) is 0 Å². The zero-order valence-electron chi connectivity index (χ0n) is 16.7. The lowest BCUT2D eigenvalue weighted by molar-refractivity contribution is -0.123. The lowest BCUT2D eigenvalue weighted by Crippen LogP contribution is -2.41. The number of methoxy groups -OCH3 is 1. The van der Waals surface area contributed by atoms with Crippen molar-refractivity contribution in [1.29, 1.82) is 0 Å². The number of hydrogen-bond donors (Lipinski definition) is 2. The summed E-state index contributed by atoms with van der Waals surface area (Å²) >= 11 is 12.1. The molecule has 2 N–H and O–H groups in total. The molecule has 1 unspecified atom stereocenters. The molecule has 0 aliphatic heterocycles. The second kappa shape index (κ2) is 11.0. The Bertz CT molecular complexity index is 861. The summed E-state index contributed by atoms with van der Waals surface area (Å²) in [5.41, 5.74) is 1.42. The maximum atomic E-state index is 12.4. The minimum atomic E-state index is -0.281. The molecule has 0 radical (unpaired) electrons. The van der Waals surface area contributed by atoms with Gasteiger partial charge in [-0.3, -0.25) is 14.5 Å². The number of carbonyl (C=O) groups excluding carboxylic acids is 2. The van der Waals surface area contributed by atoms with Gasteiger partial charge >= 0.3 is 0 Å². The van der Waals surface area contributed by atoms with Crippen molar-refractivity contribution in [2.24, 2.45) is 0 Å². The fourth-order valence-corrected chi connectivity index (χ4v) is 3.38. The molecule has 2 aromatic carbocycles. The first kappa shape index (κ1) is 23.0. The van der Waals surface area contributed by atoms with Gasteiger partial charge in [-0.25, -0.2) is 0 Å². The summed E-state index contributed by atoms with van der Waals surface area (Å²) in [4.78, 5) is 26.5. The summed E-state index contributed by atoms with van der Waals surface area (Å²) in [6.07, 6.45) is 0. The van der Waals surface area contributed by atoms with E-state index in [9.17, 15) is 9.59 Å². The predicted octanol–water partition coefficient (Wildman–Crippen LogP) is 4.14. The number of rotatable bonds is 9. The van der Waals surface area contributed by atoms with Crippen molar-refractivity contribution in [3.05, 3.63) is 58.1 Å². The molecule has 0 bridgehead atoms. The number of nitrogens with zero attached hydrogens (tertiary/aromatic N) is 1. The van der Waals surface area contributed by atoms with Crippen LogP contribution in [0.3, 0.4) is 0 Å². The lowest BCUT2D eigenvalue weighted by Gasteiger charge is -2.22. The largest absolute Gasteiger partial charge is 0.497 e. The molecule has 2 amide bonds. The van der Waals surface area contributed by atoms with Gasteiger partial charge in [0.1, 0.15) is 5.75 Å². The minimum absolute atomic E-state index is 0.0945. The third-order valence-corrected chi connectivity index (χ3v) is 4.90. The lowest BCUT2D eigenvalue weighted by atomic mass is 10.1. The van der Waals surface area contributed by atoms with Crippen LogP contribution in [0.4, 0.5) is 5.69 Å². The monoisotopic (exact) mass is 437 g/mol. The second-order valence-corrected chi connectivity index (χ2v) is 7.38. The Morgan fingerprint density at radius 1 is 1.10 bits per heavy atom. The van der Waals surface area contributed by atoms with Gasteiger partial charge in [-0.2, -0.15) is 0 Å². The fourth-order valence-electron chi connectivity index (χ4n) is 2.80. The van der Waals surface area contributed by atoms with Gasteiger partial charge in [-0.15, -0.1) is 0 Å². The first-order valence-electron chi connectivity index (χ1n) is 9.23. The van der Waals surface area contributed by atoms with Crippen molar-refractivity contribution in [1.82, 2.24) is 10.2 Å². The third kappa shape index (κ3) is 7.24. The van der Waals surface area contributed by atoms with E-state index in [0.717, 1.165) is 5.56 Å². The standard InChI is InChI=1S/C21H25Cl2N3O3/c1-4-26(13-21(28)25-16-6-5-7-17(11-16)29-3)12-20(27)24-14(2)18-9-8-15(22)10-19(18)23/h5-11,14H,4,12-13H2,1-3H3,(H,24,27)(H,25,28). The average Bonchev–Trinajstić information content (AvgIpc) is 2.67. The zero-order valence-corrected chi connectivity index (χ0v) is 18.2. The molecule has 2 aromatic rings. The average molecular weight is 438 g/mol. The van der Waals surface area contributed by atoms with Crippen LogP contribution in [0.2, 0.25) is 10.0 Å². The van der Waals surface area contributed by atoms with Crippen LogP contribution in [-0.2, 0) is 9.59 Å². The molecule has 0 fully saturated rings. The maximum Gasteiger partial charge on any atom is 0.238 e. The summed E-state index contributed by atoms with van der Waals surface area (Å²) < 4.78 is 5.15. The number of benzene rings is 2. The van der Waals surface area contributed by atoms with Crippen LogP contribution >= 0.6 is 23.2 Å². The summed E-state index contributed by atoms with van der Waals surface area (Å²) in [7, 11) is 1.57. The molecule has 29 heavy (non-hydrogen) atoms. The normalized spacial score (nSPS) is 11.8. The second-order valence-electron chi connectivity index (χ2n) is 6.54. The van der Waals surface area contributed by atoms with E-state index in [1.54, 1.807) is 54.5 Å². The van der Waals surface area contributed by atoms with E-state index >= 15 is 0 Å². The number of hydrogen-bond acceptors (Lipinski definition) is 4. The van der Waals surface area contributed by atoms with Gasteiger partial charge in [0.05, 0.1) is 26.2 Å². The van der Waals surface area contributed by atoms with E-state index in [2.05, 4.69) is 10.6 Å². The van der Waals surface area contributed by atoms with E-state index in [4.69, 9.17) is 27.9 Å². The zero-order chi connectivity index (χ0) is 21.4. The highest BCUT2D eigenvalue weighted by Gasteiger charge is 2.17. The number of halogens is 2. The number of ether oxygens (including phenoxy) is 1. The van der Waals surface area contributed by atoms with Crippen molar-refractivity contribution in [3.63, 3.8) is 0 Å². The molecule has 0 heterocycles. The quantitative estimate of drug-likeness (QED) is 0.618. The van der Waals surface area contributed by atoms with Gasteiger partial charge in [-0.1, -0.05) is 42.3 Å². The summed E-state index contributed by atoms with van der Waals surface area (Å²) in [5.74, 6) is 0.255. The van der Waals surface area contributed by atoms with Gasteiger partial charge in [0, 0.05) is 21.8 Å². The molecule has 0 aliphatic rings. The van der Waals surface area contributed by atoms with E-state index < -0.39 is 0 Å². The van der Waals surface area contributed by atoms with Gasteiger partial charge in [0.25, 0.3) is 0 Å². The van der Waals surface area contributed by atoms with Gasteiger partial charge in [-0.05, 0) is 43.3 Å². The molecule has 6 nitrogen and oxygen atoms in total. The minimum Gasteiger partial charge on any atom is -0.497 e. The number of likely N-dealkylation sites (N-methyl/N-ethyl adjacent to an activating group) is 1. The van der Waals surface area contributed by atoms with Gasteiger partial charge in [0.2, 0.25) is 11.8 Å². The van der Waals surface area contributed by atoms with Crippen molar-refractivity contribution < 1.29 is 14.3 Å². The van der Waals surface area contributed by atoms with Crippen LogP contribution in [0, 0.1) is 0 Å². The van der Waals surface area contributed by atoms with Crippen LogP contribution in [0.1, 0.15) is 25.5 Å². The van der Waals surface area contributed by atoms with E-state index in [0.29, 0.717) is 28.0 Å². The molecular formula is C21H25Cl2N3O3. The van der Waals surface area contributed by atoms with Crippen LogP contribution in [-0.4, -0.2) is 43.5 Å². The Morgan fingerprint density at radius 3 is 2.48 bits per heavy atom. The van der Waals surface area contributed by atoms with Crippen LogP contribution in [0.15, 0.2) is 42.5 Å². The Morgan fingerprint density at radius 2 is 1.83 bits per heavy atom. The number of anilines is 1. The summed E-state index contributed by atoms with van der Waals surface area (Å²) in [6, 6.07) is 12.0. The Kier molecular flexibility index (Phi) is 8.76. The number of nitrogens with one attached hydrogen (secondary N) is 2. The first-order valence-corrected chi connectivity index (χ1v) is 9.98. The molecule has 8 heteroatoms. The highest BCUT2D eigenvalue weighted by molar-refractivity contribution is 6.35. The van der Waals surface area contributed by atoms with Crippen molar-refractivity contribution in [2.75, 3.05) is 32.1 Å². The topological polar surface area (TPSA) is 70.7 Å². The molecule has 0 saturated heterocycles. The Balaban J connectivity index is 1.89. The predicted molar refractivity (Wildman–Crippen MR) is 117 cm³/mol. The molecule has 0 aliphatic carbocycles. The Labute approximate surface area is 181 Å². The number of amides is 2. The fraction of sp³-hybridized carbons (Fsp3) is 0.333. The summed E-state index contributed by atoms with van der Waals surface area (Å²) in [5, 5.41) is 6.75. The van der Waals surface area contributed by atoms with E-state index in [-0.39, 0.29) is 30.9 Å². The SMILES string of the molecule is CCN(CC(=O)Nc1cccc(OC)c1)CC(=O)NC(C)c1ccc(Cl)cc1Cl. The van der Waals surface area contributed by atoms with Crippen molar-refractivity contribution in [3.8, 4) is 5.75 Å². The molecular weight excluding hydrogens is 413 g/mol. The van der Waals surface area contributed by atoms with Crippen LogP contribution < -0.4 is 15.4 Å². The molecule has 0 saturated carbocycles.